The van der Waals surface area contributed by atoms with Gasteiger partial charge in [-0.15, -0.1) is 0 Å². The van der Waals surface area contributed by atoms with Gasteiger partial charge in [0.05, 0.1) is 10.6 Å². The van der Waals surface area contributed by atoms with Gasteiger partial charge in [0.25, 0.3) is 0 Å². The summed E-state index contributed by atoms with van der Waals surface area (Å²) in [7, 11) is 0. The van der Waals surface area contributed by atoms with Gasteiger partial charge in [-0.25, -0.2) is 9.78 Å². The number of hydrogen-bond acceptors (Lipinski definition) is 5. The third-order valence-electron chi connectivity index (χ3n) is 2.74. The summed E-state index contributed by atoms with van der Waals surface area (Å²) in [5, 5.41) is 11.1. The molecule has 0 aromatic carbocycles. The smallest absolute Gasteiger partial charge is 0.367 e. The van der Waals surface area contributed by atoms with Crippen LogP contribution in [0.1, 0.15) is 11.3 Å². The quantitative estimate of drug-likeness (QED) is 0.709. The number of carbonyl (C=O) groups is 1. The standard InChI is InChI=1S/C13H13ClF3N5O2/c1-7-4-10(22-24-7)21-12(23)19-3-2-18-11-9(14)5-8(6-20-11)13(15,16)17/h4-6H,2-3H2,1H3,(H,18,20)(H2,19,21,22,23). The molecule has 2 amide bonds. The zero-order valence-electron chi connectivity index (χ0n) is 12.4. The lowest BCUT2D eigenvalue weighted by Crippen LogP contribution is -2.32. The van der Waals surface area contributed by atoms with Crippen LogP contribution in [-0.2, 0) is 6.18 Å². The number of anilines is 2. The second-order valence-corrected chi connectivity index (χ2v) is 5.09. The van der Waals surface area contributed by atoms with Gasteiger partial charge in [-0.1, -0.05) is 16.8 Å². The largest absolute Gasteiger partial charge is 0.417 e. The highest BCUT2D eigenvalue weighted by Gasteiger charge is 2.31. The Morgan fingerprint density at radius 2 is 2.08 bits per heavy atom. The monoisotopic (exact) mass is 363 g/mol. The van der Waals surface area contributed by atoms with Crippen LogP contribution < -0.4 is 16.0 Å². The molecule has 0 atom stereocenters. The zero-order valence-corrected chi connectivity index (χ0v) is 13.1. The van der Waals surface area contributed by atoms with Crippen molar-refractivity contribution in [1.29, 1.82) is 0 Å². The number of amides is 2. The molecule has 0 aliphatic rings. The predicted molar refractivity (Wildman–Crippen MR) is 81.0 cm³/mol. The van der Waals surface area contributed by atoms with E-state index in [4.69, 9.17) is 16.1 Å². The van der Waals surface area contributed by atoms with E-state index >= 15 is 0 Å². The third kappa shape index (κ3) is 5.01. The number of halogens is 4. The fourth-order valence-electron chi connectivity index (χ4n) is 1.67. The number of aromatic nitrogens is 2. The van der Waals surface area contributed by atoms with E-state index in [-0.39, 0.29) is 29.7 Å². The van der Waals surface area contributed by atoms with Crippen LogP contribution >= 0.6 is 11.6 Å². The minimum Gasteiger partial charge on any atom is -0.367 e. The van der Waals surface area contributed by atoms with Gasteiger partial charge in [0, 0.05) is 25.4 Å². The molecule has 2 rings (SSSR count). The van der Waals surface area contributed by atoms with Crippen molar-refractivity contribution in [2.45, 2.75) is 13.1 Å². The van der Waals surface area contributed by atoms with Gasteiger partial charge in [0.15, 0.2) is 5.82 Å². The molecule has 2 aromatic heterocycles. The number of rotatable bonds is 5. The number of nitrogens with zero attached hydrogens (tertiary/aromatic N) is 2. The summed E-state index contributed by atoms with van der Waals surface area (Å²) < 4.78 is 42.3. The Morgan fingerprint density at radius 3 is 2.67 bits per heavy atom. The van der Waals surface area contributed by atoms with Crippen LogP contribution in [0.2, 0.25) is 5.02 Å². The van der Waals surface area contributed by atoms with Gasteiger partial charge in [-0.05, 0) is 13.0 Å². The summed E-state index contributed by atoms with van der Waals surface area (Å²) in [6, 6.07) is 1.82. The van der Waals surface area contributed by atoms with E-state index in [0.29, 0.717) is 12.0 Å². The Balaban J connectivity index is 1.77. The summed E-state index contributed by atoms with van der Waals surface area (Å²) in [5.74, 6) is 0.916. The van der Waals surface area contributed by atoms with Crippen molar-refractivity contribution >= 4 is 29.3 Å². The molecule has 0 unspecified atom stereocenters. The van der Waals surface area contributed by atoms with Crippen LogP contribution in [0.25, 0.3) is 0 Å². The van der Waals surface area contributed by atoms with Crippen molar-refractivity contribution in [3.8, 4) is 0 Å². The maximum Gasteiger partial charge on any atom is 0.417 e. The predicted octanol–water partition coefficient (Wildman–Crippen LogP) is 3.28. The molecule has 0 spiro atoms. The summed E-state index contributed by atoms with van der Waals surface area (Å²) in [6.45, 7) is 2.08. The van der Waals surface area contributed by atoms with Crippen LogP contribution in [0.3, 0.4) is 0 Å². The molecule has 2 aromatic rings. The molecule has 0 aliphatic carbocycles. The molecule has 0 aliphatic heterocycles. The molecule has 0 fully saturated rings. The van der Waals surface area contributed by atoms with E-state index < -0.39 is 17.8 Å². The molecule has 11 heteroatoms. The van der Waals surface area contributed by atoms with Gasteiger partial charge >= 0.3 is 12.2 Å². The first-order valence-electron chi connectivity index (χ1n) is 6.70. The molecule has 0 bridgehead atoms. The Labute approximate surface area is 139 Å². The van der Waals surface area contributed by atoms with E-state index in [1.807, 2.05) is 0 Å². The first kappa shape index (κ1) is 17.9. The van der Waals surface area contributed by atoms with Crippen molar-refractivity contribution in [1.82, 2.24) is 15.5 Å². The van der Waals surface area contributed by atoms with Crippen LogP contribution in [0.4, 0.5) is 29.6 Å². The lowest BCUT2D eigenvalue weighted by atomic mass is 10.3. The second kappa shape index (κ2) is 7.39. The number of pyridine rings is 1. The summed E-state index contributed by atoms with van der Waals surface area (Å²) in [4.78, 5) is 15.2. The number of alkyl halides is 3. The van der Waals surface area contributed by atoms with E-state index in [2.05, 4.69) is 26.1 Å². The van der Waals surface area contributed by atoms with Gasteiger partial charge in [0.2, 0.25) is 0 Å². The Bertz CT molecular complexity index is 720. The SMILES string of the molecule is Cc1cc(NC(=O)NCCNc2ncc(C(F)(F)F)cc2Cl)no1. The molecule has 7 nitrogen and oxygen atoms in total. The molecule has 0 radical (unpaired) electrons. The first-order valence-corrected chi connectivity index (χ1v) is 7.08. The Kier molecular flexibility index (Phi) is 5.50. The minimum absolute atomic E-state index is 0.0963. The van der Waals surface area contributed by atoms with E-state index in [1.54, 1.807) is 13.0 Å². The molecule has 0 saturated carbocycles. The fraction of sp³-hybridized carbons (Fsp3) is 0.308. The second-order valence-electron chi connectivity index (χ2n) is 4.68. The van der Waals surface area contributed by atoms with Crippen LogP contribution in [0.5, 0.6) is 0 Å². The molecule has 0 saturated heterocycles. The lowest BCUT2D eigenvalue weighted by Gasteiger charge is -2.11. The van der Waals surface area contributed by atoms with Crippen molar-refractivity contribution in [2.24, 2.45) is 0 Å². The van der Waals surface area contributed by atoms with Crippen LogP contribution in [0, 0.1) is 6.92 Å². The van der Waals surface area contributed by atoms with Crippen LogP contribution in [0.15, 0.2) is 22.9 Å². The molecular weight excluding hydrogens is 351 g/mol. The minimum atomic E-state index is -4.51. The highest BCUT2D eigenvalue weighted by Crippen LogP contribution is 2.32. The summed E-state index contributed by atoms with van der Waals surface area (Å²) >= 11 is 5.74. The van der Waals surface area contributed by atoms with Gasteiger partial charge < -0.3 is 15.2 Å². The molecule has 2 heterocycles. The summed E-state index contributed by atoms with van der Waals surface area (Å²) in [5.41, 5.74) is -0.932. The number of carbonyl (C=O) groups excluding carboxylic acids is 1. The van der Waals surface area contributed by atoms with Gasteiger partial charge in [-0.2, -0.15) is 13.2 Å². The number of aryl methyl sites for hydroxylation is 1. The van der Waals surface area contributed by atoms with Crippen molar-refractivity contribution in [3.63, 3.8) is 0 Å². The summed E-state index contributed by atoms with van der Waals surface area (Å²) in [6.07, 6.45) is -3.82. The normalized spacial score (nSPS) is 11.2. The first-order chi connectivity index (χ1) is 11.3. The highest BCUT2D eigenvalue weighted by atomic mass is 35.5. The average Bonchev–Trinajstić information content (AvgIpc) is 2.89. The van der Waals surface area contributed by atoms with E-state index in [9.17, 15) is 18.0 Å². The number of hydrogen-bond donors (Lipinski definition) is 3. The van der Waals surface area contributed by atoms with E-state index in [1.165, 1.54) is 0 Å². The maximum atomic E-state index is 12.5. The highest BCUT2D eigenvalue weighted by molar-refractivity contribution is 6.32. The third-order valence-corrected chi connectivity index (χ3v) is 3.03. The average molecular weight is 364 g/mol. The molecule has 24 heavy (non-hydrogen) atoms. The molecule has 3 N–H and O–H groups in total. The van der Waals surface area contributed by atoms with Crippen molar-refractivity contribution < 1.29 is 22.5 Å². The van der Waals surface area contributed by atoms with E-state index in [0.717, 1.165) is 6.07 Å². The van der Waals surface area contributed by atoms with Gasteiger partial charge in [0.1, 0.15) is 11.6 Å². The molecular formula is C13H13ClF3N5O2. The maximum absolute atomic E-state index is 12.5. The van der Waals surface area contributed by atoms with Crippen LogP contribution in [-0.4, -0.2) is 29.3 Å². The van der Waals surface area contributed by atoms with Crippen molar-refractivity contribution in [2.75, 3.05) is 23.7 Å². The lowest BCUT2D eigenvalue weighted by molar-refractivity contribution is -0.137. The van der Waals surface area contributed by atoms with Crippen molar-refractivity contribution in [3.05, 3.63) is 34.7 Å². The topological polar surface area (TPSA) is 92.1 Å². The van der Waals surface area contributed by atoms with Gasteiger partial charge in [-0.3, -0.25) is 5.32 Å². The Hall–Kier alpha value is -2.49. The zero-order chi connectivity index (χ0) is 17.7. The fourth-order valence-corrected chi connectivity index (χ4v) is 1.90. The number of urea groups is 1. The molecule has 130 valence electrons. The number of nitrogens with one attached hydrogen (secondary N) is 3. The Morgan fingerprint density at radius 1 is 1.33 bits per heavy atom.